The largest absolute Gasteiger partial charge is 0.486 e. The van der Waals surface area contributed by atoms with E-state index in [0.29, 0.717) is 36.3 Å². The number of nitrogens with one attached hydrogen (secondary N) is 1. The van der Waals surface area contributed by atoms with Crippen molar-refractivity contribution in [2.75, 3.05) is 62.7 Å². The first-order chi connectivity index (χ1) is 20.5. The number of carbonyl (C=O) groups excluding carboxylic acids is 1. The number of benzene rings is 2. The number of alkyl halides is 1. The van der Waals surface area contributed by atoms with Crippen LogP contribution in [0.4, 0.5) is 21.7 Å². The van der Waals surface area contributed by atoms with Crippen molar-refractivity contribution in [2.45, 2.75) is 31.7 Å². The first-order valence-corrected chi connectivity index (χ1v) is 14.2. The Morgan fingerprint density at radius 3 is 2.55 bits per heavy atom. The number of anilines is 3. The molecule has 1 N–H and O–H groups in total. The van der Waals surface area contributed by atoms with Crippen molar-refractivity contribution in [3.8, 4) is 23.2 Å². The van der Waals surface area contributed by atoms with E-state index in [0.717, 1.165) is 45.1 Å². The molecule has 3 aliphatic rings. The van der Waals surface area contributed by atoms with Gasteiger partial charge in [0.05, 0.1) is 31.4 Å². The summed E-state index contributed by atoms with van der Waals surface area (Å²) in [5.41, 5.74) is 2.88. The van der Waals surface area contributed by atoms with Crippen LogP contribution in [-0.2, 0) is 9.53 Å². The minimum atomic E-state index is -1.34. The Kier molecular flexibility index (Phi) is 8.12. The van der Waals surface area contributed by atoms with Gasteiger partial charge in [-0.3, -0.25) is 9.69 Å². The van der Waals surface area contributed by atoms with Gasteiger partial charge in [0, 0.05) is 63.0 Å². The molecule has 3 aliphatic heterocycles. The minimum Gasteiger partial charge on any atom is -0.486 e. The van der Waals surface area contributed by atoms with Crippen LogP contribution >= 0.6 is 0 Å². The van der Waals surface area contributed by atoms with Crippen molar-refractivity contribution in [2.24, 2.45) is 0 Å². The average Bonchev–Trinajstić information content (AvgIpc) is 2.98. The van der Waals surface area contributed by atoms with E-state index in [-0.39, 0.29) is 23.8 Å². The fourth-order valence-electron chi connectivity index (χ4n) is 5.48. The number of piperazine rings is 1. The van der Waals surface area contributed by atoms with Crippen LogP contribution in [0.25, 0.3) is 11.4 Å². The van der Waals surface area contributed by atoms with Gasteiger partial charge in [-0.1, -0.05) is 0 Å². The maximum absolute atomic E-state index is 14.7. The van der Waals surface area contributed by atoms with Gasteiger partial charge in [0.1, 0.15) is 24.3 Å². The van der Waals surface area contributed by atoms with Crippen LogP contribution < -0.4 is 15.0 Å². The molecule has 0 saturated carbocycles. The second-order valence-electron chi connectivity index (χ2n) is 10.8. The van der Waals surface area contributed by atoms with Gasteiger partial charge in [0.25, 0.3) is 0 Å². The number of nitrogens with zero attached hydrogens (tertiary/aromatic N) is 7. The molecule has 6 rings (SSSR count). The molecule has 3 fully saturated rings. The third-order valence-electron chi connectivity index (χ3n) is 8.08. The highest BCUT2D eigenvalue weighted by atomic mass is 19.1. The summed E-state index contributed by atoms with van der Waals surface area (Å²) in [6, 6.07) is 15.9. The van der Waals surface area contributed by atoms with Crippen molar-refractivity contribution < 1.29 is 18.7 Å². The van der Waals surface area contributed by atoms with Crippen LogP contribution in [0.2, 0.25) is 0 Å². The lowest BCUT2D eigenvalue weighted by molar-refractivity contribution is -0.132. The molecule has 0 aliphatic carbocycles. The molecular formula is C30H33FN8O3. The molecule has 0 radical (unpaired) electrons. The monoisotopic (exact) mass is 572 g/mol. The number of hydrogen-bond acceptors (Lipinski definition) is 10. The van der Waals surface area contributed by atoms with Crippen LogP contribution in [0.15, 0.2) is 48.8 Å². The Morgan fingerprint density at radius 2 is 1.88 bits per heavy atom. The van der Waals surface area contributed by atoms with E-state index in [4.69, 9.17) is 9.47 Å². The lowest BCUT2D eigenvalue weighted by Crippen LogP contribution is -2.56. The highest BCUT2D eigenvalue weighted by Gasteiger charge is 2.32. The molecule has 3 aromatic rings. The molecule has 1 aromatic heterocycles. The second-order valence-corrected chi connectivity index (χ2v) is 10.8. The summed E-state index contributed by atoms with van der Waals surface area (Å²) in [6.45, 7) is 7.58. The minimum absolute atomic E-state index is 0.0170. The molecule has 218 valence electrons. The number of rotatable bonds is 7. The molecule has 0 bridgehead atoms. The lowest BCUT2D eigenvalue weighted by Gasteiger charge is -2.43. The molecule has 2 unspecified atom stereocenters. The normalized spacial score (nSPS) is 21.4. The first kappa shape index (κ1) is 27.8. The second kappa shape index (κ2) is 12.3. The molecular weight excluding hydrogens is 539 g/mol. The average molecular weight is 573 g/mol. The molecule has 4 heterocycles. The van der Waals surface area contributed by atoms with Crippen LogP contribution in [0, 0.1) is 11.3 Å². The van der Waals surface area contributed by atoms with Crippen molar-refractivity contribution in [3.05, 3.63) is 54.4 Å². The van der Waals surface area contributed by atoms with Gasteiger partial charge in [0.15, 0.2) is 12.0 Å². The molecule has 0 spiro atoms. The van der Waals surface area contributed by atoms with Gasteiger partial charge < -0.3 is 24.6 Å². The highest BCUT2D eigenvalue weighted by molar-refractivity contribution is 5.73. The summed E-state index contributed by atoms with van der Waals surface area (Å²) in [6.07, 6.45) is -0.301. The molecule has 2 atom stereocenters. The van der Waals surface area contributed by atoms with Crippen molar-refractivity contribution in [1.29, 1.82) is 5.26 Å². The molecule has 3 saturated heterocycles. The molecule has 2 aromatic carbocycles. The van der Waals surface area contributed by atoms with Gasteiger partial charge in [-0.2, -0.15) is 10.2 Å². The summed E-state index contributed by atoms with van der Waals surface area (Å²) >= 11 is 0. The molecule has 12 heteroatoms. The van der Waals surface area contributed by atoms with Crippen molar-refractivity contribution in [3.63, 3.8) is 0 Å². The predicted octanol–water partition coefficient (Wildman–Crippen LogP) is 3.01. The number of nitriles is 1. The van der Waals surface area contributed by atoms with Crippen molar-refractivity contribution in [1.82, 2.24) is 24.8 Å². The van der Waals surface area contributed by atoms with Crippen molar-refractivity contribution >= 4 is 23.2 Å². The van der Waals surface area contributed by atoms with E-state index in [2.05, 4.69) is 48.3 Å². The van der Waals surface area contributed by atoms with Gasteiger partial charge in [-0.15, -0.1) is 0 Å². The zero-order valence-corrected chi connectivity index (χ0v) is 23.4. The summed E-state index contributed by atoms with van der Waals surface area (Å²) in [4.78, 5) is 31.0. The van der Waals surface area contributed by atoms with Crippen LogP contribution in [0.1, 0.15) is 18.9 Å². The van der Waals surface area contributed by atoms with E-state index in [1.807, 2.05) is 12.1 Å². The standard InChI is InChI=1S/C30H33FN8O3/c1-20(40)39-9-8-28(26(31)16-39)42-27-7-2-21(14-22(27)15-32)29-33-19-34-30(36-29)35-23-3-5-24(6-4-23)37-10-12-38(13-11-37)25-17-41-18-25/h2-7,14,19,25-26,28H,8-13,16-18H2,1H3,(H,33,34,35,36). The van der Waals surface area contributed by atoms with Crippen LogP contribution in [0.5, 0.6) is 5.75 Å². The number of aromatic nitrogens is 3. The zero-order valence-electron chi connectivity index (χ0n) is 23.4. The van der Waals surface area contributed by atoms with Gasteiger partial charge in [-0.25, -0.2) is 14.4 Å². The fraction of sp³-hybridized carbons (Fsp3) is 0.433. The Morgan fingerprint density at radius 1 is 1.10 bits per heavy atom. The topological polar surface area (TPSA) is 120 Å². The summed E-state index contributed by atoms with van der Waals surface area (Å²) in [7, 11) is 0. The molecule has 1 amide bonds. The number of halogens is 1. The molecule has 42 heavy (non-hydrogen) atoms. The van der Waals surface area contributed by atoms with E-state index >= 15 is 0 Å². The number of likely N-dealkylation sites (tertiary alicyclic amines) is 1. The smallest absolute Gasteiger partial charge is 0.230 e. The third kappa shape index (κ3) is 6.12. The lowest BCUT2D eigenvalue weighted by atomic mass is 10.0. The summed E-state index contributed by atoms with van der Waals surface area (Å²) in [5.74, 6) is 0.891. The van der Waals surface area contributed by atoms with Gasteiger partial charge in [-0.05, 0) is 42.5 Å². The Labute approximate surface area is 243 Å². The quantitative estimate of drug-likeness (QED) is 0.452. The maximum Gasteiger partial charge on any atom is 0.230 e. The third-order valence-corrected chi connectivity index (χ3v) is 8.08. The first-order valence-electron chi connectivity index (χ1n) is 14.2. The number of hydrogen-bond donors (Lipinski definition) is 1. The predicted molar refractivity (Wildman–Crippen MR) is 154 cm³/mol. The highest BCUT2D eigenvalue weighted by Crippen LogP contribution is 2.29. The summed E-state index contributed by atoms with van der Waals surface area (Å²) < 4.78 is 25.9. The van der Waals surface area contributed by atoms with Gasteiger partial charge >= 0.3 is 0 Å². The SMILES string of the molecule is CC(=O)N1CCC(Oc2ccc(-c3ncnc(Nc4ccc(N5CCN(C6COC6)CC5)cc4)n3)cc2C#N)C(F)C1. The van der Waals surface area contributed by atoms with Crippen LogP contribution in [-0.4, -0.2) is 101 Å². The number of piperidine rings is 1. The number of carbonyl (C=O) groups is 1. The number of ether oxygens (including phenoxy) is 2. The van der Waals surface area contributed by atoms with E-state index < -0.39 is 12.3 Å². The maximum atomic E-state index is 14.7. The van der Waals surface area contributed by atoms with E-state index in [1.165, 1.54) is 23.8 Å². The Hall–Kier alpha value is -4.34. The summed E-state index contributed by atoms with van der Waals surface area (Å²) in [5, 5.41) is 13.0. The van der Waals surface area contributed by atoms with Crippen LogP contribution in [0.3, 0.4) is 0 Å². The Bertz CT molecular complexity index is 1450. The number of amides is 1. The zero-order chi connectivity index (χ0) is 29.1. The van der Waals surface area contributed by atoms with E-state index in [1.54, 1.807) is 18.2 Å². The van der Waals surface area contributed by atoms with Gasteiger partial charge in [0.2, 0.25) is 11.9 Å². The Balaban J connectivity index is 1.08. The fourth-order valence-corrected chi connectivity index (χ4v) is 5.48. The molecule has 11 nitrogen and oxygen atoms in total. The van der Waals surface area contributed by atoms with E-state index in [9.17, 15) is 14.4 Å².